The van der Waals surface area contributed by atoms with E-state index in [9.17, 15) is 4.79 Å². The fourth-order valence-corrected chi connectivity index (χ4v) is 3.80. The van der Waals surface area contributed by atoms with Gasteiger partial charge in [-0.25, -0.2) is 0 Å². The van der Waals surface area contributed by atoms with Crippen LogP contribution in [-0.4, -0.2) is 44.6 Å². The van der Waals surface area contributed by atoms with E-state index in [0.717, 1.165) is 30.7 Å². The summed E-state index contributed by atoms with van der Waals surface area (Å²) in [5.74, 6) is 2.67. The fourth-order valence-electron chi connectivity index (χ4n) is 3.55. The van der Waals surface area contributed by atoms with Gasteiger partial charge in [0.2, 0.25) is 0 Å². The molecule has 2 unspecified atom stereocenters. The molecule has 0 aromatic heterocycles. The lowest BCUT2D eigenvalue weighted by Gasteiger charge is -2.30. The minimum absolute atomic E-state index is 0. The Kier molecular flexibility index (Phi) is 9.77. The van der Waals surface area contributed by atoms with Gasteiger partial charge in [-0.1, -0.05) is 25.4 Å². The number of nitrogens with one attached hydrogen (secondary N) is 1. The van der Waals surface area contributed by atoms with Crippen LogP contribution in [0, 0.1) is 17.8 Å². The van der Waals surface area contributed by atoms with E-state index in [4.69, 9.17) is 16.3 Å². The first-order valence-corrected chi connectivity index (χ1v) is 9.61. The van der Waals surface area contributed by atoms with Crippen LogP contribution in [-0.2, 0) is 0 Å². The van der Waals surface area contributed by atoms with Gasteiger partial charge in [-0.2, -0.15) is 0 Å². The zero-order valence-electron chi connectivity index (χ0n) is 16.3. The summed E-state index contributed by atoms with van der Waals surface area (Å²) in [5, 5.41) is 3.87. The normalized spacial score (nSPS) is 17.1. The number of hydrogen-bond acceptors (Lipinski definition) is 3. The number of benzene rings is 1. The average molecular weight is 403 g/mol. The van der Waals surface area contributed by atoms with Crippen LogP contribution in [0.5, 0.6) is 5.75 Å². The lowest BCUT2D eigenvalue weighted by Crippen LogP contribution is -2.31. The van der Waals surface area contributed by atoms with Gasteiger partial charge in [0.1, 0.15) is 5.75 Å². The lowest BCUT2D eigenvalue weighted by atomic mass is 9.81. The molecule has 1 amide bonds. The molecule has 1 aromatic rings. The fraction of sp³-hybridized carbons (Fsp3) is 0.650. The third-order valence-electron chi connectivity index (χ3n) is 5.07. The molecule has 0 spiro atoms. The maximum absolute atomic E-state index is 12.0. The molecule has 0 aliphatic carbocycles. The summed E-state index contributed by atoms with van der Waals surface area (Å²) in [6.07, 6.45) is 3.74. The van der Waals surface area contributed by atoms with Crippen molar-refractivity contribution in [3.8, 4) is 5.75 Å². The SMILES string of the molecule is CC(COc1ccc(C(=O)N(C)C)c(Cl)c1)CC(C)C1CCNCC1.Cl. The summed E-state index contributed by atoms with van der Waals surface area (Å²) < 4.78 is 5.91. The van der Waals surface area contributed by atoms with Gasteiger partial charge in [-0.3, -0.25) is 4.79 Å². The quantitative estimate of drug-likeness (QED) is 0.729. The van der Waals surface area contributed by atoms with E-state index in [2.05, 4.69) is 19.2 Å². The van der Waals surface area contributed by atoms with Crippen LogP contribution in [0.1, 0.15) is 43.5 Å². The molecule has 0 radical (unpaired) electrons. The third kappa shape index (κ3) is 6.64. The van der Waals surface area contributed by atoms with Crippen molar-refractivity contribution in [2.24, 2.45) is 17.8 Å². The van der Waals surface area contributed by atoms with Gasteiger partial charge >= 0.3 is 0 Å². The Morgan fingerprint density at radius 2 is 1.96 bits per heavy atom. The van der Waals surface area contributed by atoms with Crippen molar-refractivity contribution in [1.29, 1.82) is 0 Å². The number of carbonyl (C=O) groups excluding carboxylic acids is 1. The first-order valence-electron chi connectivity index (χ1n) is 9.23. The van der Waals surface area contributed by atoms with Crippen LogP contribution < -0.4 is 10.1 Å². The smallest absolute Gasteiger partial charge is 0.254 e. The van der Waals surface area contributed by atoms with Gasteiger partial charge in [0.25, 0.3) is 5.91 Å². The van der Waals surface area contributed by atoms with Crippen LogP contribution in [0.2, 0.25) is 5.02 Å². The van der Waals surface area contributed by atoms with Crippen LogP contribution >= 0.6 is 24.0 Å². The molecule has 4 nitrogen and oxygen atoms in total. The van der Waals surface area contributed by atoms with E-state index in [1.54, 1.807) is 26.2 Å². The van der Waals surface area contributed by atoms with Gasteiger partial charge in [0, 0.05) is 14.1 Å². The second-order valence-corrected chi connectivity index (χ2v) is 7.97. The number of halogens is 2. The molecule has 1 fully saturated rings. The van der Waals surface area contributed by atoms with Crippen molar-refractivity contribution in [3.63, 3.8) is 0 Å². The second kappa shape index (κ2) is 11.0. The van der Waals surface area contributed by atoms with Gasteiger partial charge in [-0.15, -0.1) is 12.4 Å². The molecule has 1 heterocycles. The Hall–Kier alpha value is -0.970. The van der Waals surface area contributed by atoms with Crippen molar-refractivity contribution in [2.45, 2.75) is 33.1 Å². The van der Waals surface area contributed by atoms with E-state index in [0.29, 0.717) is 23.1 Å². The van der Waals surface area contributed by atoms with Crippen molar-refractivity contribution in [1.82, 2.24) is 10.2 Å². The van der Waals surface area contributed by atoms with Gasteiger partial charge in [-0.05, 0) is 68.3 Å². The van der Waals surface area contributed by atoms with Gasteiger partial charge in [0.15, 0.2) is 0 Å². The molecule has 1 aliphatic heterocycles. The molecule has 1 aromatic carbocycles. The summed E-state index contributed by atoms with van der Waals surface area (Å²) in [4.78, 5) is 13.5. The lowest BCUT2D eigenvalue weighted by molar-refractivity contribution is 0.0827. The van der Waals surface area contributed by atoms with E-state index in [-0.39, 0.29) is 18.3 Å². The highest BCUT2D eigenvalue weighted by atomic mass is 35.5. The number of piperidine rings is 1. The van der Waals surface area contributed by atoms with Crippen molar-refractivity contribution in [3.05, 3.63) is 28.8 Å². The molecule has 2 atom stereocenters. The van der Waals surface area contributed by atoms with Gasteiger partial charge < -0.3 is 15.0 Å². The highest BCUT2D eigenvalue weighted by Crippen LogP contribution is 2.28. The number of ether oxygens (including phenoxy) is 1. The average Bonchev–Trinajstić information content (AvgIpc) is 2.60. The summed E-state index contributed by atoms with van der Waals surface area (Å²) >= 11 is 6.24. The topological polar surface area (TPSA) is 41.6 Å². The van der Waals surface area contributed by atoms with Crippen molar-refractivity contribution >= 4 is 29.9 Å². The van der Waals surface area contributed by atoms with Crippen LogP contribution in [0.4, 0.5) is 0 Å². The first kappa shape index (κ1) is 23.1. The Morgan fingerprint density at radius 3 is 2.54 bits per heavy atom. The van der Waals surface area contributed by atoms with E-state index < -0.39 is 0 Å². The zero-order valence-corrected chi connectivity index (χ0v) is 17.8. The molecule has 6 heteroatoms. The maximum atomic E-state index is 12.0. The highest BCUT2D eigenvalue weighted by molar-refractivity contribution is 6.34. The third-order valence-corrected chi connectivity index (χ3v) is 5.39. The molecular formula is C20H32Cl2N2O2. The number of hydrogen-bond donors (Lipinski definition) is 1. The zero-order chi connectivity index (χ0) is 18.4. The Morgan fingerprint density at radius 1 is 1.31 bits per heavy atom. The molecule has 26 heavy (non-hydrogen) atoms. The van der Waals surface area contributed by atoms with Gasteiger partial charge in [0.05, 0.1) is 17.2 Å². The molecular weight excluding hydrogens is 371 g/mol. The summed E-state index contributed by atoms with van der Waals surface area (Å²) in [7, 11) is 3.43. The van der Waals surface area contributed by atoms with Crippen LogP contribution in [0.25, 0.3) is 0 Å². The highest BCUT2D eigenvalue weighted by Gasteiger charge is 2.21. The van der Waals surface area contributed by atoms with E-state index in [1.807, 2.05) is 6.07 Å². The number of nitrogens with zero attached hydrogens (tertiary/aromatic N) is 1. The summed E-state index contributed by atoms with van der Waals surface area (Å²) in [5.41, 5.74) is 0.506. The second-order valence-electron chi connectivity index (χ2n) is 7.56. The number of amides is 1. The standard InChI is InChI=1S/C20H31ClN2O2.ClH/c1-14(11-15(2)16-7-9-22-10-8-16)13-25-17-5-6-18(19(21)12-17)20(24)23(3)4;/h5-6,12,14-16,22H,7-11,13H2,1-4H3;1H. The van der Waals surface area contributed by atoms with E-state index in [1.165, 1.54) is 24.2 Å². The Labute approximate surface area is 169 Å². The molecule has 0 bridgehead atoms. The minimum Gasteiger partial charge on any atom is -0.493 e. The predicted molar refractivity (Wildman–Crippen MR) is 111 cm³/mol. The van der Waals surface area contributed by atoms with Crippen molar-refractivity contribution in [2.75, 3.05) is 33.8 Å². The van der Waals surface area contributed by atoms with Crippen molar-refractivity contribution < 1.29 is 9.53 Å². The largest absolute Gasteiger partial charge is 0.493 e. The molecule has 0 saturated carbocycles. The maximum Gasteiger partial charge on any atom is 0.254 e. The molecule has 2 rings (SSSR count). The monoisotopic (exact) mass is 402 g/mol. The Bertz CT molecular complexity index is 575. The molecule has 1 N–H and O–H groups in total. The first-order chi connectivity index (χ1) is 11.9. The number of rotatable bonds is 7. The minimum atomic E-state index is -0.0966. The summed E-state index contributed by atoms with van der Waals surface area (Å²) in [6, 6.07) is 5.30. The van der Waals surface area contributed by atoms with Crippen LogP contribution in [0.3, 0.4) is 0 Å². The molecule has 148 valence electrons. The van der Waals surface area contributed by atoms with E-state index >= 15 is 0 Å². The predicted octanol–water partition coefficient (Wildman–Crippen LogP) is 4.50. The number of carbonyl (C=O) groups is 1. The molecule has 1 aliphatic rings. The summed E-state index contributed by atoms with van der Waals surface area (Å²) in [6.45, 7) is 7.58. The van der Waals surface area contributed by atoms with Crippen LogP contribution in [0.15, 0.2) is 18.2 Å². The molecule has 1 saturated heterocycles. The Balaban J connectivity index is 0.00000338.